The highest BCUT2D eigenvalue weighted by atomic mass is 19.4. The van der Waals surface area contributed by atoms with Crippen LogP contribution in [0, 0.1) is 12.7 Å². The zero-order valence-electron chi connectivity index (χ0n) is 12.7. The van der Waals surface area contributed by atoms with E-state index in [0.29, 0.717) is 5.56 Å². The minimum absolute atomic E-state index is 0.266. The van der Waals surface area contributed by atoms with Gasteiger partial charge in [-0.15, -0.1) is 0 Å². The third-order valence-electron chi connectivity index (χ3n) is 3.54. The molecular formula is C17H15F4NO2. The largest absolute Gasteiger partial charge is 0.417 e. The lowest BCUT2D eigenvalue weighted by Gasteiger charge is -2.16. The lowest BCUT2D eigenvalue weighted by Crippen LogP contribution is -2.30. The van der Waals surface area contributed by atoms with Gasteiger partial charge in [0.1, 0.15) is 5.82 Å². The van der Waals surface area contributed by atoms with Gasteiger partial charge in [0.05, 0.1) is 17.2 Å². The van der Waals surface area contributed by atoms with Crippen molar-refractivity contribution in [1.29, 1.82) is 0 Å². The fraction of sp³-hybridized carbons (Fsp3) is 0.235. The first-order chi connectivity index (χ1) is 11.2. The SMILES string of the molecule is Cc1ccccc1C(O)CNC(=O)c1ccc(F)cc1C(F)(F)F. The highest BCUT2D eigenvalue weighted by Gasteiger charge is 2.35. The van der Waals surface area contributed by atoms with E-state index in [1.807, 2.05) is 0 Å². The minimum atomic E-state index is -4.86. The van der Waals surface area contributed by atoms with Gasteiger partial charge in [0.25, 0.3) is 5.91 Å². The second-order valence-electron chi connectivity index (χ2n) is 5.27. The predicted molar refractivity (Wildman–Crippen MR) is 79.9 cm³/mol. The lowest BCUT2D eigenvalue weighted by atomic mass is 10.0. The second-order valence-corrected chi connectivity index (χ2v) is 5.27. The van der Waals surface area contributed by atoms with E-state index in [-0.39, 0.29) is 12.6 Å². The smallest absolute Gasteiger partial charge is 0.387 e. The number of carbonyl (C=O) groups is 1. The maximum Gasteiger partial charge on any atom is 0.417 e. The third-order valence-corrected chi connectivity index (χ3v) is 3.54. The Bertz CT molecular complexity index is 744. The molecule has 7 heteroatoms. The van der Waals surface area contributed by atoms with Gasteiger partial charge < -0.3 is 10.4 Å². The van der Waals surface area contributed by atoms with Crippen molar-refractivity contribution >= 4 is 5.91 Å². The molecule has 2 aromatic carbocycles. The number of hydrogen-bond donors (Lipinski definition) is 2. The molecule has 0 aromatic heterocycles. The van der Waals surface area contributed by atoms with Gasteiger partial charge in [-0.25, -0.2) is 4.39 Å². The van der Waals surface area contributed by atoms with E-state index in [0.717, 1.165) is 17.7 Å². The van der Waals surface area contributed by atoms with Crippen molar-refractivity contribution in [2.45, 2.75) is 19.2 Å². The molecule has 24 heavy (non-hydrogen) atoms. The number of halogens is 4. The molecule has 1 atom stereocenters. The van der Waals surface area contributed by atoms with Crippen molar-refractivity contribution in [3.05, 3.63) is 70.5 Å². The number of alkyl halides is 3. The number of rotatable bonds is 4. The second kappa shape index (κ2) is 7.00. The summed E-state index contributed by atoms with van der Waals surface area (Å²) in [6.07, 6.45) is -5.92. The van der Waals surface area contributed by atoms with Crippen LogP contribution in [0.25, 0.3) is 0 Å². The molecule has 2 rings (SSSR count). The molecular weight excluding hydrogens is 326 g/mol. The maximum absolute atomic E-state index is 13.0. The average Bonchev–Trinajstić information content (AvgIpc) is 2.51. The van der Waals surface area contributed by atoms with Crippen LogP contribution < -0.4 is 5.32 Å². The molecule has 0 fully saturated rings. The normalized spacial score (nSPS) is 12.8. The highest BCUT2D eigenvalue weighted by molar-refractivity contribution is 5.95. The first kappa shape index (κ1) is 17.9. The number of aryl methyl sites for hydroxylation is 1. The van der Waals surface area contributed by atoms with E-state index in [4.69, 9.17) is 0 Å². The van der Waals surface area contributed by atoms with Gasteiger partial charge >= 0.3 is 6.18 Å². The van der Waals surface area contributed by atoms with Gasteiger partial charge in [0.2, 0.25) is 0 Å². The average molecular weight is 341 g/mol. The Kier molecular flexibility index (Phi) is 5.23. The summed E-state index contributed by atoms with van der Waals surface area (Å²) < 4.78 is 51.8. The van der Waals surface area contributed by atoms with Gasteiger partial charge in [-0.2, -0.15) is 13.2 Å². The van der Waals surface area contributed by atoms with Crippen LogP contribution in [-0.2, 0) is 6.18 Å². The fourth-order valence-electron chi connectivity index (χ4n) is 2.30. The topological polar surface area (TPSA) is 49.3 Å². The number of hydrogen-bond acceptors (Lipinski definition) is 2. The predicted octanol–water partition coefficient (Wildman–Crippen LogP) is 3.62. The van der Waals surface area contributed by atoms with E-state index in [9.17, 15) is 27.5 Å². The van der Waals surface area contributed by atoms with Crippen LogP contribution in [0.5, 0.6) is 0 Å². The van der Waals surface area contributed by atoms with Gasteiger partial charge in [-0.1, -0.05) is 24.3 Å². The maximum atomic E-state index is 13.0. The number of aliphatic hydroxyl groups is 1. The summed E-state index contributed by atoms with van der Waals surface area (Å²) in [6, 6.07) is 8.73. The Balaban J connectivity index is 2.15. The fourth-order valence-corrected chi connectivity index (χ4v) is 2.30. The van der Waals surface area contributed by atoms with Crippen LogP contribution in [-0.4, -0.2) is 17.6 Å². The number of nitrogens with one attached hydrogen (secondary N) is 1. The number of benzene rings is 2. The molecule has 0 bridgehead atoms. The van der Waals surface area contributed by atoms with Crippen LogP contribution in [0.15, 0.2) is 42.5 Å². The molecule has 0 saturated heterocycles. The van der Waals surface area contributed by atoms with E-state index < -0.39 is 35.1 Å². The number of carbonyl (C=O) groups excluding carboxylic acids is 1. The molecule has 0 aliphatic rings. The zero-order chi connectivity index (χ0) is 17.9. The van der Waals surface area contributed by atoms with Gasteiger partial charge in [0.15, 0.2) is 0 Å². The Morgan fingerprint density at radius 2 is 1.88 bits per heavy atom. The molecule has 2 N–H and O–H groups in total. The number of amides is 1. The van der Waals surface area contributed by atoms with Crippen LogP contribution in [0.3, 0.4) is 0 Å². The quantitative estimate of drug-likeness (QED) is 0.835. The minimum Gasteiger partial charge on any atom is -0.387 e. The third kappa shape index (κ3) is 4.11. The molecule has 1 amide bonds. The Labute approximate surface area is 135 Å². The van der Waals surface area contributed by atoms with Crippen molar-refractivity contribution in [1.82, 2.24) is 5.32 Å². The summed E-state index contributed by atoms with van der Waals surface area (Å²) in [5, 5.41) is 12.3. The summed E-state index contributed by atoms with van der Waals surface area (Å²) in [6.45, 7) is 1.50. The van der Waals surface area contributed by atoms with Crippen molar-refractivity contribution in [3.8, 4) is 0 Å². The molecule has 0 saturated carbocycles. The monoisotopic (exact) mass is 341 g/mol. The lowest BCUT2D eigenvalue weighted by molar-refractivity contribution is -0.138. The van der Waals surface area contributed by atoms with Gasteiger partial charge in [-0.3, -0.25) is 4.79 Å². The Hall–Kier alpha value is -2.41. The van der Waals surface area contributed by atoms with Crippen molar-refractivity contribution in [2.75, 3.05) is 6.54 Å². The molecule has 0 aliphatic carbocycles. The van der Waals surface area contributed by atoms with E-state index in [2.05, 4.69) is 5.32 Å². The van der Waals surface area contributed by atoms with E-state index >= 15 is 0 Å². The molecule has 2 aromatic rings. The first-order valence-electron chi connectivity index (χ1n) is 7.08. The zero-order valence-corrected chi connectivity index (χ0v) is 12.7. The molecule has 1 unspecified atom stereocenters. The van der Waals surface area contributed by atoms with E-state index in [1.165, 1.54) is 0 Å². The van der Waals surface area contributed by atoms with Crippen molar-refractivity contribution in [2.24, 2.45) is 0 Å². The molecule has 0 spiro atoms. The van der Waals surface area contributed by atoms with Crippen molar-refractivity contribution in [3.63, 3.8) is 0 Å². The summed E-state index contributed by atoms with van der Waals surface area (Å²) in [4.78, 5) is 12.0. The van der Waals surface area contributed by atoms with Gasteiger partial charge in [0, 0.05) is 6.54 Å². The molecule has 0 heterocycles. The molecule has 0 aliphatic heterocycles. The standard InChI is InChI=1S/C17H15F4NO2/c1-10-4-2-3-5-12(10)15(23)9-22-16(24)13-7-6-11(18)8-14(13)17(19,20)21/h2-8,15,23H,9H2,1H3,(H,22,24). The first-order valence-corrected chi connectivity index (χ1v) is 7.08. The summed E-state index contributed by atoms with van der Waals surface area (Å²) in [5.41, 5.74) is -0.698. The molecule has 0 radical (unpaired) electrons. The summed E-state index contributed by atoms with van der Waals surface area (Å²) in [7, 11) is 0. The number of aliphatic hydroxyl groups excluding tert-OH is 1. The molecule has 3 nitrogen and oxygen atoms in total. The van der Waals surface area contributed by atoms with Crippen LogP contribution in [0.1, 0.15) is 33.2 Å². The van der Waals surface area contributed by atoms with Crippen molar-refractivity contribution < 1.29 is 27.5 Å². The summed E-state index contributed by atoms with van der Waals surface area (Å²) in [5.74, 6) is -2.12. The van der Waals surface area contributed by atoms with Crippen LogP contribution >= 0.6 is 0 Å². The Morgan fingerprint density at radius 3 is 2.50 bits per heavy atom. The van der Waals surface area contributed by atoms with Crippen LogP contribution in [0.4, 0.5) is 17.6 Å². The Morgan fingerprint density at radius 1 is 1.21 bits per heavy atom. The highest BCUT2D eigenvalue weighted by Crippen LogP contribution is 2.32. The van der Waals surface area contributed by atoms with Crippen LogP contribution in [0.2, 0.25) is 0 Å². The van der Waals surface area contributed by atoms with Gasteiger partial charge in [-0.05, 0) is 36.2 Å². The summed E-state index contributed by atoms with van der Waals surface area (Å²) >= 11 is 0. The molecule has 128 valence electrons. The van der Waals surface area contributed by atoms with E-state index in [1.54, 1.807) is 31.2 Å².